The minimum Gasteiger partial charge on any atom is -0.481 e. The first-order chi connectivity index (χ1) is 10.0. The van der Waals surface area contributed by atoms with E-state index < -0.39 is 11.4 Å². The fraction of sp³-hybridized carbons (Fsp3) is 0.500. The second-order valence-electron chi connectivity index (χ2n) is 5.70. The number of carboxylic acid groups (broad SMARTS) is 1. The number of carboxylic acids is 1. The third-order valence-electron chi connectivity index (χ3n) is 4.16. The number of carbonyl (C=O) groups is 2. The van der Waals surface area contributed by atoms with Crippen LogP contribution in [-0.2, 0) is 16.0 Å². The van der Waals surface area contributed by atoms with Crippen molar-refractivity contribution < 1.29 is 19.1 Å². The first-order valence-corrected chi connectivity index (χ1v) is 7.26. The van der Waals surface area contributed by atoms with Gasteiger partial charge < -0.3 is 10.4 Å². The van der Waals surface area contributed by atoms with Crippen molar-refractivity contribution >= 4 is 11.9 Å². The van der Waals surface area contributed by atoms with Crippen LogP contribution in [-0.4, -0.2) is 23.5 Å². The van der Waals surface area contributed by atoms with Gasteiger partial charge in [-0.05, 0) is 37.0 Å². The van der Waals surface area contributed by atoms with Crippen molar-refractivity contribution in [1.82, 2.24) is 5.32 Å². The minimum atomic E-state index is -0.875. The van der Waals surface area contributed by atoms with Crippen LogP contribution in [0.15, 0.2) is 24.3 Å². The first-order valence-electron chi connectivity index (χ1n) is 7.26. The zero-order valence-electron chi connectivity index (χ0n) is 11.9. The number of nitrogens with one attached hydrogen (secondary N) is 1. The van der Waals surface area contributed by atoms with Crippen LogP contribution in [0.1, 0.15) is 37.7 Å². The Bertz CT molecular complexity index is 507. The Morgan fingerprint density at radius 1 is 1.19 bits per heavy atom. The molecule has 0 atom stereocenters. The van der Waals surface area contributed by atoms with Crippen molar-refractivity contribution in [2.75, 3.05) is 6.54 Å². The first kappa shape index (κ1) is 15.5. The van der Waals surface area contributed by atoms with Gasteiger partial charge in [-0.25, -0.2) is 4.39 Å². The Balaban J connectivity index is 1.79. The molecule has 1 amide bonds. The highest BCUT2D eigenvalue weighted by Crippen LogP contribution is 2.41. The summed E-state index contributed by atoms with van der Waals surface area (Å²) in [7, 11) is 0. The van der Waals surface area contributed by atoms with Crippen molar-refractivity contribution in [3.63, 3.8) is 0 Å². The molecule has 2 rings (SSSR count). The Kier molecular flexibility index (Phi) is 4.94. The van der Waals surface area contributed by atoms with Crippen LogP contribution in [0.2, 0.25) is 0 Å². The molecule has 0 radical (unpaired) electrons. The summed E-state index contributed by atoms with van der Waals surface area (Å²) in [5.41, 5.74) is 0.0606. The van der Waals surface area contributed by atoms with Crippen LogP contribution in [0.4, 0.5) is 4.39 Å². The highest BCUT2D eigenvalue weighted by atomic mass is 19.1. The zero-order valence-corrected chi connectivity index (χ0v) is 11.9. The minimum absolute atomic E-state index is 0.0474. The summed E-state index contributed by atoms with van der Waals surface area (Å²) in [5, 5.41) is 12.1. The van der Waals surface area contributed by atoms with E-state index >= 15 is 0 Å². The largest absolute Gasteiger partial charge is 0.481 e. The van der Waals surface area contributed by atoms with E-state index in [0.717, 1.165) is 18.4 Å². The predicted octanol–water partition coefficient (Wildman–Crippen LogP) is 2.52. The van der Waals surface area contributed by atoms with Crippen LogP contribution < -0.4 is 5.32 Å². The summed E-state index contributed by atoms with van der Waals surface area (Å²) in [6, 6.07) is 6.12. The number of hydrogen-bond donors (Lipinski definition) is 2. The number of carbonyl (C=O) groups excluding carboxylic acids is 1. The Morgan fingerprint density at radius 3 is 2.38 bits per heavy atom. The molecule has 0 bridgehead atoms. The van der Waals surface area contributed by atoms with Gasteiger partial charge in [-0.15, -0.1) is 0 Å². The highest BCUT2D eigenvalue weighted by molar-refractivity contribution is 5.85. The van der Waals surface area contributed by atoms with Gasteiger partial charge in [0.2, 0.25) is 5.91 Å². The monoisotopic (exact) mass is 293 g/mol. The molecule has 5 heteroatoms. The maximum Gasteiger partial charge on any atom is 0.310 e. The predicted molar refractivity (Wildman–Crippen MR) is 76.3 cm³/mol. The van der Waals surface area contributed by atoms with Crippen LogP contribution in [0.25, 0.3) is 0 Å². The molecular formula is C16H20FNO3. The van der Waals surface area contributed by atoms with E-state index in [1.807, 2.05) is 0 Å². The number of halogens is 1. The normalized spacial score (nSPS) is 16.6. The lowest BCUT2D eigenvalue weighted by molar-refractivity contribution is -0.151. The lowest BCUT2D eigenvalue weighted by atomic mass is 9.82. The molecule has 0 heterocycles. The number of benzene rings is 1. The van der Waals surface area contributed by atoms with E-state index in [9.17, 15) is 19.1 Å². The summed E-state index contributed by atoms with van der Waals surface area (Å²) >= 11 is 0. The molecule has 0 unspecified atom stereocenters. The average molecular weight is 293 g/mol. The third kappa shape index (κ3) is 4.03. The van der Waals surface area contributed by atoms with E-state index in [1.165, 1.54) is 12.1 Å². The third-order valence-corrected chi connectivity index (χ3v) is 4.16. The number of aliphatic carboxylic acids is 1. The van der Waals surface area contributed by atoms with Gasteiger partial charge in [0, 0.05) is 13.0 Å². The van der Waals surface area contributed by atoms with E-state index in [1.54, 1.807) is 12.1 Å². The summed E-state index contributed by atoms with van der Waals surface area (Å²) < 4.78 is 12.8. The zero-order chi connectivity index (χ0) is 15.3. The molecule has 0 aromatic heterocycles. The molecule has 0 saturated heterocycles. The molecule has 1 aromatic rings. The molecule has 1 fully saturated rings. The number of hydrogen-bond acceptors (Lipinski definition) is 2. The van der Waals surface area contributed by atoms with Gasteiger partial charge in [-0.2, -0.15) is 0 Å². The lowest BCUT2D eigenvalue weighted by Crippen LogP contribution is -2.36. The van der Waals surface area contributed by atoms with Gasteiger partial charge in [0.25, 0.3) is 0 Å². The van der Waals surface area contributed by atoms with Gasteiger partial charge in [0.15, 0.2) is 0 Å². The lowest BCUT2D eigenvalue weighted by Gasteiger charge is -2.22. The molecule has 0 spiro atoms. The molecule has 0 aliphatic heterocycles. The van der Waals surface area contributed by atoms with Gasteiger partial charge >= 0.3 is 5.97 Å². The molecule has 1 aliphatic carbocycles. The summed E-state index contributed by atoms with van der Waals surface area (Å²) in [5.74, 6) is -1.37. The highest BCUT2D eigenvalue weighted by Gasteiger charge is 2.42. The quantitative estimate of drug-likeness (QED) is 0.847. The molecule has 1 saturated carbocycles. The SMILES string of the molecule is O=C(CC1(C(=O)O)CCCC1)NCCc1ccc(F)cc1. The average Bonchev–Trinajstić information content (AvgIpc) is 2.91. The Hall–Kier alpha value is -1.91. The van der Waals surface area contributed by atoms with Crippen LogP contribution in [0.5, 0.6) is 0 Å². The van der Waals surface area contributed by atoms with Crippen LogP contribution in [0, 0.1) is 11.2 Å². The summed E-state index contributed by atoms with van der Waals surface area (Å²) in [6.07, 6.45) is 3.55. The molecule has 2 N–H and O–H groups in total. The number of rotatable bonds is 6. The Labute approximate surface area is 123 Å². The van der Waals surface area contributed by atoms with E-state index in [0.29, 0.717) is 25.8 Å². The van der Waals surface area contributed by atoms with Crippen molar-refractivity contribution in [2.24, 2.45) is 5.41 Å². The smallest absolute Gasteiger partial charge is 0.310 e. The van der Waals surface area contributed by atoms with E-state index in [-0.39, 0.29) is 18.1 Å². The van der Waals surface area contributed by atoms with Gasteiger partial charge in [0.1, 0.15) is 5.82 Å². The van der Waals surface area contributed by atoms with Gasteiger partial charge in [0.05, 0.1) is 5.41 Å². The maximum absolute atomic E-state index is 12.8. The fourth-order valence-corrected chi connectivity index (χ4v) is 2.89. The van der Waals surface area contributed by atoms with Crippen molar-refractivity contribution in [2.45, 2.75) is 38.5 Å². The molecule has 4 nitrogen and oxygen atoms in total. The topological polar surface area (TPSA) is 66.4 Å². The molecule has 1 aliphatic rings. The summed E-state index contributed by atoms with van der Waals surface area (Å²) in [6.45, 7) is 0.431. The second-order valence-corrected chi connectivity index (χ2v) is 5.70. The van der Waals surface area contributed by atoms with Gasteiger partial charge in [-0.1, -0.05) is 25.0 Å². The molecule has 114 valence electrons. The standard InChI is InChI=1S/C16H20FNO3/c17-13-5-3-12(4-6-13)7-10-18-14(19)11-16(15(20)21)8-1-2-9-16/h3-6H,1-2,7-11H2,(H,18,19)(H,20,21). The Morgan fingerprint density at radius 2 is 1.81 bits per heavy atom. The summed E-state index contributed by atoms with van der Waals surface area (Å²) in [4.78, 5) is 23.3. The van der Waals surface area contributed by atoms with E-state index in [4.69, 9.17) is 0 Å². The molecule has 21 heavy (non-hydrogen) atoms. The van der Waals surface area contributed by atoms with Crippen LogP contribution >= 0.6 is 0 Å². The molecule has 1 aromatic carbocycles. The van der Waals surface area contributed by atoms with Crippen molar-refractivity contribution in [1.29, 1.82) is 0 Å². The van der Waals surface area contributed by atoms with Crippen molar-refractivity contribution in [3.8, 4) is 0 Å². The van der Waals surface area contributed by atoms with Crippen molar-refractivity contribution in [3.05, 3.63) is 35.6 Å². The van der Waals surface area contributed by atoms with Crippen LogP contribution in [0.3, 0.4) is 0 Å². The molecular weight excluding hydrogens is 273 g/mol. The number of amides is 1. The second kappa shape index (κ2) is 6.70. The van der Waals surface area contributed by atoms with E-state index in [2.05, 4.69) is 5.32 Å². The maximum atomic E-state index is 12.8. The fourth-order valence-electron chi connectivity index (χ4n) is 2.89. The van der Waals surface area contributed by atoms with Gasteiger partial charge in [-0.3, -0.25) is 9.59 Å².